The van der Waals surface area contributed by atoms with E-state index in [-0.39, 0.29) is 29.2 Å². The fourth-order valence-electron chi connectivity index (χ4n) is 3.79. The molecule has 1 saturated carbocycles. The Morgan fingerprint density at radius 1 is 1.23 bits per heavy atom. The van der Waals surface area contributed by atoms with E-state index in [4.69, 9.17) is 5.73 Å². The molecular formula is C20H29N7O3. The highest BCUT2D eigenvalue weighted by molar-refractivity contribution is 6.02. The molecule has 0 unspecified atom stereocenters. The van der Waals surface area contributed by atoms with Gasteiger partial charge in [-0.2, -0.15) is 9.61 Å². The van der Waals surface area contributed by atoms with Crippen LogP contribution < -0.4 is 16.6 Å². The van der Waals surface area contributed by atoms with E-state index in [0.29, 0.717) is 30.8 Å². The van der Waals surface area contributed by atoms with Gasteiger partial charge in [-0.3, -0.25) is 14.4 Å². The van der Waals surface area contributed by atoms with E-state index in [9.17, 15) is 14.4 Å². The molecule has 30 heavy (non-hydrogen) atoms. The van der Waals surface area contributed by atoms with Gasteiger partial charge in [0, 0.05) is 38.8 Å². The van der Waals surface area contributed by atoms with E-state index in [1.807, 2.05) is 20.9 Å². The summed E-state index contributed by atoms with van der Waals surface area (Å²) >= 11 is 0. The van der Waals surface area contributed by atoms with Gasteiger partial charge in [-0.1, -0.05) is 13.8 Å². The standard InChI is InChI=1S/C20H29N7O3/c1-12(2)11-26-16(21)15(17(28)23-13-4-5-13)20(30)27-18(26)14(10-22-27)19(29)25-8-6-24(3)7-9-25/h10,12-13H,4-9,11,21H2,1-3H3,(H,23,28). The molecule has 1 aliphatic carbocycles. The Bertz CT molecular complexity index is 1040. The maximum atomic E-state index is 13.2. The summed E-state index contributed by atoms with van der Waals surface area (Å²) in [6, 6.07) is 0.0949. The van der Waals surface area contributed by atoms with Gasteiger partial charge in [0.05, 0.1) is 6.20 Å². The van der Waals surface area contributed by atoms with Crippen molar-refractivity contribution in [3.05, 3.63) is 27.7 Å². The van der Waals surface area contributed by atoms with Crippen LogP contribution in [-0.4, -0.2) is 75.1 Å². The molecule has 10 heteroatoms. The van der Waals surface area contributed by atoms with Crippen molar-refractivity contribution in [3.63, 3.8) is 0 Å². The Morgan fingerprint density at radius 2 is 1.90 bits per heavy atom. The van der Waals surface area contributed by atoms with Gasteiger partial charge < -0.3 is 25.4 Å². The molecule has 3 heterocycles. The third-order valence-electron chi connectivity index (χ3n) is 5.66. The summed E-state index contributed by atoms with van der Waals surface area (Å²) in [6.07, 6.45) is 3.22. The van der Waals surface area contributed by atoms with Crippen LogP contribution in [0.4, 0.5) is 5.82 Å². The highest BCUT2D eigenvalue weighted by Gasteiger charge is 2.31. The van der Waals surface area contributed by atoms with E-state index >= 15 is 0 Å². The molecule has 1 saturated heterocycles. The number of piperazine rings is 1. The number of fused-ring (bicyclic) bond motifs is 1. The van der Waals surface area contributed by atoms with Crippen LogP contribution in [0.3, 0.4) is 0 Å². The highest BCUT2D eigenvalue weighted by Crippen LogP contribution is 2.23. The van der Waals surface area contributed by atoms with Crippen LogP contribution in [0.15, 0.2) is 11.0 Å². The topological polar surface area (TPSA) is 118 Å². The summed E-state index contributed by atoms with van der Waals surface area (Å²) in [6.45, 7) is 7.27. The van der Waals surface area contributed by atoms with Crippen LogP contribution in [-0.2, 0) is 6.54 Å². The fourth-order valence-corrected chi connectivity index (χ4v) is 3.79. The first-order valence-electron chi connectivity index (χ1n) is 10.5. The number of amides is 2. The normalized spacial score (nSPS) is 17.7. The third-order valence-corrected chi connectivity index (χ3v) is 5.66. The van der Waals surface area contributed by atoms with Gasteiger partial charge >= 0.3 is 0 Å². The van der Waals surface area contributed by atoms with Gasteiger partial charge in [0.25, 0.3) is 17.4 Å². The molecule has 0 radical (unpaired) electrons. The molecule has 2 aromatic heterocycles. The molecule has 0 aromatic carbocycles. The SMILES string of the molecule is CC(C)Cn1c(N)c(C(=O)NC2CC2)c(=O)n2ncc(C(=O)N3CCN(C)CC3)c12. The van der Waals surface area contributed by atoms with Gasteiger partial charge in [-0.05, 0) is 25.8 Å². The van der Waals surface area contributed by atoms with Gasteiger partial charge in [0.2, 0.25) is 0 Å². The van der Waals surface area contributed by atoms with Crippen molar-refractivity contribution in [2.75, 3.05) is 39.0 Å². The quantitative estimate of drug-likeness (QED) is 0.711. The molecule has 4 rings (SSSR count). The maximum absolute atomic E-state index is 13.2. The minimum Gasteiger partial charge on any atom is -0.384 e. The van der Waals surface area contributed by atoms with E-state index in [2.05, 4.69) is 15.3 Å². The summed E-state index contributed by atoms with van der Waals surface area (Å²) < 4.78 is 2.83. The minimum atomic E-state index is -0.599. The Hall–Kier alpha value is -2.88. The molecule has 2 fully saturated rings. The molecule has 10 nitrogen and oxygen atoms in total. The van der Waals surface area contributed by atoms with Gasteiger partial charge in [-0.25, -0.2) is 0 Å². The lowest BCUT2D eigenvalue weighted by atomic mass is 10.2. The first kappa shape index (κ1) is 20.4. The molecule has 0 atom stereocenters. The Morgan fingerprint density at radius 3 is 2.50 bits per heavy atom. The third kappa shape index (κ3) is 3.67. The molecule has 2 aromatic rings. The predicted molar refractivity (Wildman–Crippen MR) is 113 cm³/mol. The lowest BCUT2D eigenvalue weighted by Gasteiger charge is -2.32. The van der Waals surface area contributed by atoms with Crippen LogP contribution in [0, 0.1) is 5.92 Å². The lowest BCUT2D eigenvalue weighted by Crippen LogP contribution is -2.47. The van der Waals surface area contributed by atoms with Gasteiger partial charge in [0.15, 0.2) is 5.65 Å². The number of carbonyl (C=O) groups is 2. The van der Waals surface area contributed by atoms with Crippen LogP contribution in [0.5, 0.6) is 0 Å². The number of nitrogens with one attached hydrogen (secondary N) is 1. The number of nitrogens with two attached hydrogens (primary N) is 1. The maximum Gasteiger partial charge on any atom is 0.289 e. The second kappa shape index (κ2) is 7.75. The van der Waals surface area contributed by atoms with Crippen molar-refractivity contribution < 1.29 is 9.59 Å². The average Bonchev–Trinajstić information content (AvgIpc) is 3.39. The number of nitrogens with zero attached hydrogens (tertiary/aromatic N) is 5. The van der Waals surface area contributed by atoms with E-state index in [0.717, 1.165) is 30.4 Å². The number of aromatic nitrogens is 3. The summed E-state index contributed by atoms with van der Waals surface area (Å²) in [7, 11) is 2.02. The van der Waals surface area contributed by atoms with Crippen LogP contribution >= 0.6 is 0 Å². The number of carbonyl (C=O) groups excluding carboxylic acids is 2. The minimum absolute atomic E-state index is 0.0762. The van der Waals surface area contributed by atoms with Crippen LogP contribution in [0.1, 0.15) is 47.4 Å². The van der Waals surface area contributed by atoms with Gasteiger partial charge in [-0.15, -0.1) is 0 Å². The number of hydrogen-bond acceptors (Lipinski definition) is 6. The number of nitrogen functional groups attached to an aromatic ring is 1. The van der Waals surface area contributed by atoms with Crippen molar-refractivity contribution in [2.24, 2.45) is 5.92 Å². The molecule has 162 valence electrons. The lowest BCUT2D eigenvalue weighted by molar-refractivity contribution is 0.0665. The zero-order chi connectivity index (χ0) is 21.6. The molecular weight excluding hydrogens is 386 g/mol. The Kier molecular flexibility index (Phi) is 5.27. The first-order chi connectivity index (χ1) is 14.3. The fraction of sp³-hybridized carbons (Fsp3) is 0.600. The van der Waals surface area contributed by atoms with Crippen LogP contribution in [0.2, 0.25) is 0 Å². The van der Waals surface area contributed by atoms with Crippen molar-refractivity contribution in [1.82, 2.24) is 29.3 Å². The molecule has 0 bridgehead atoms. The van der Waals surface area contributed by atoms with Crippen LogP contribution in [0.25, 0.3) is 5.65 Å². The number of likely N-dealkylation sites (N-methyl/N-ethyl adjacent to an activating group) is 1. The largest absolute Gasteiger partial charge is 0.384 e. The smallest absolute Gasteiger partial charge is 0.289 e. The molecule has 1 aliphatic heterocycles. The van der Waals surface area contributed by atoms with E-state index < -0.39 is 11.5 Å². The Labute approximate surface area is 174 Å². The van der Waals surface area contributed by atoms with Crippen molar-refractivity contribution in [1.29, 1.82) is 0 Å². The number of rotatable bonds is 5. The van der Waals surface area contributed by atoms with Crippen molar-refractivity contribution in [3.8, 4) is 0 Å². The molecule has 0 spiro atoms. The van der Waals surface area contributed by atoms with Crippen molar-refractivity contribution >= 4 is 23.3 Å². The first-order valence-corrected chi connectivity index (χ1v) is 10.5. The summed E-state index contributed by atoms with van der Waals surface area (Å²) in [4.78, 5) is 43.0. The zero-order valence-corrected chi connectivity index (χ0v) is 17.7. The second-order valence-electron chi connectivity index (χ2n) is 8.71. The van der Waals surface area contributed by atoms with E-state index in [1.54, 1.807) is 9.47 Å². The molecule has 2 amide bonds. The molecule has 2 aliphatic rings. The van der Waals surface area contributed by atoms with E-state index in [1.165, 1.54) is 6.20 Å². The average molecular weight is 415 g/mol. The molecule has 3 N–H and O–H groups in total. The summed E-state index contributed by atoms with van der Waals surface area (Å²) in [5.74, 6) is -0.404. The Balaban J connectivity index is 1.82. The van der Waals surface area contributed by atoms with Gasteiger partial charge in [0.1, 0.15) is 16.9 Å². The zero-order valence-electron chi connectivity index (χ0n) is 17.7. The van der Waals surface area contributed by atoms with Crippen molar-refractivity contribution in [2.45, 2.75) is 39.3 Å². The highest BCUT2D eigenvalue weighted by atomic mass is 16.2. The predicted octanol–water partition coefficient (Wildman–Crippen LogP) is 0.0140. The second-order valence-corrected chi connectivity index (χ2v) is 8.71. The number of hydrogen-bond donors (Lipinski definition) is 2. The summed E-state index contributed by atoms with van der Waals surface area (Å²) in [5, 5.41) is 7.02. The summed E-state index contributed by atoms with van der Waals surface area (Å²) in [5.41, 5.74) is 6.31. The monoisotopic (exact) mass is 415 g/mol. The number of anilines is 1.